The van der Waals surface area contributed by atoms with Crippen LogP contribution < -0.4 is 10.1 Å². The fraction of sp³-hybridized carbons (Fsp3) is 0.158. The van der Waals surface area contributed by atoms with Crippen LogP contribution in [-0.2, 0) is 14.3 Å². The minimum atomic E-state index is -2.92. The zero-order valence-corrected chi connectivity index (χ0v) is 17.1. The van der Waals surface area contributed by atoms with Gasteiger partial charge in [-0.3, -0.25) is 4.79 Å². The SMILES string of the molecule is CC(OC(=O)/C=C/c1ccc(OC(F)F)cc1)C(=O)Nc1c(Cl)cc(Cl)cc1Cl. The summed E-state index contributed by atoms with van der Waals surface area (Å²) in [7, 11) is 0. The third-order valence-electron chi connectivity index (χ3n) is 3.43. The summed E-state index contributed by atoms with van der Waals surface area (Å²) in [6.45, 7) is -1.55. The first-order valence-corrected chi connectivity index (χ1v) is 9.18. The number of anilines is 1. The van der Waals surface area contributed by atoms with Crippen molar-refractivity contribution in [2.24, 2.45) is 0 Å². The Morgan fingerprint density at radius 3 is 2.21 bits per heavy atom. The summed E-state index contributed by atoms with van der Waals surface area (Å²) in [4.78, 5) is 24.1. The second kappa shape index (κ2) is 10.4. The molecule has 1 N–H and O–H groups in total. The molecule has 5 nitrogen and oxygen atoms in total. The number of carbonyl (C=O) groups excluding carboxylic acids is 2. The van der Waals surface area contributed by atoms with E-state index >= 15 is 0 Å². The van der Waals surface area contributed by atoms with Gasteiger partial charge in [0.25, 0.3) is 5.91 Å². The second-order valence-corrected chi connectivity index (χ2v) is 6.84. The lowest BCUT2D eigenvalue weighted by Gasteiger charge is -2.14. The van der Waals surface area contributed by atoms with Crippen LogP contribution >= 0.6 is 34.8 Å². The standard InChI is InChI=1S/C19H14Cl3F2NO4/c1-10(18(27)25-17-14(21)8-12(20)9-15(17)22)28-16(26)7-4-11-2-5-13(6-3-11)29-19(23)24/h2-10,19H,1H3,(H,25,27)/b7-4+. The van der Waals surface area contributed by atoms with Crippen LogP contribution in [0.15, 0.2) is 42.5 Å². The molecule has 10 heteroatoms. The molecule has 0 aliphatic heterocycles. The average Bonchev–Trinajstić information content (AvgIpc) is 2.63. The van der Waals surface area contributed by atoms with Gasteiger partial charge in [0, 0.05) is 11.1 Å². The molecule has 0 aliphatic carbocycles. The van der Waals surface area contributed by atoms with Gasteiger partial charge in [-0.15, -0.1) is 0 Å². The highest BCUT2D eigenvalue weighted by Crippen LogP contribution is 2.33. The maximum atomic E-state index is 12.2. The Balaban J connectivity index is 1.92. The lowest BCUT2D eigenvalue weighted by atomic mass is 10.2. The van der Waals surface area contributed by atoms with E-state index in [4.69, 9.17) is 39.5 Å². The largest absolute Gasteiger partial charge is 0.449 e. The number of benzene rings is 2. The number of alkyl halides is 2. The Labute approximate surface area is 180 Å². The molecule has 2 aromatic carbocycles. The van der Waals surface area contributed by atoms with Crippen molar-refractivity contribution in [1.82, 2.24) is 0 Å². The van der Waals surface area contributed by atoms with E-state index in [2.05, 4.69) is 10.1 Å². The predicted molar refractivity (Wildman–Crippen MR) is 108 cm³/mol. The Morgan fingerprint density at radius 2 is 1.66 bits per heavy atom. The topological polar surface area (TPSA) is 64.6 Å². The van der Waals surface area contributed by atoms with E-state index in [0.717, 1.165) is 6.08 Å². The molecule has 0 spiro atoms. The summed E-state index contributed by atoms with van der Waals surface area (Å²) in [5.41, 5.74) is 0.688. The first-order valence-electron chi connectivity index (χ1n) is 8.04. The fourth-order valence-electron chi connectivity index (χ4n) is 2.08. The number of carbonyl (C=O) groups is 2. The van der Waals surface area contributed by atoms with Crippen molar-refractivity contribution in [3.8, 4) is 5.75 Å². The quantitative estimate of drug-likeness (QED) is 0.413. The molecule has 29 heavy (non-hydrogen) atoms. The molecule has 0 aliphatic rings. The van der Waals surface area contributed by atoms with E-state index in [1.54, 1.807) is 0 Å². The summed E-state index contributed by atoms with van der Waals surface area (Å²) in [6.07, 6.45) is 1.35. The van der Waals surface area contributed by atoms with Crippen molar-refractivity contribution in [1.29, 1.82) is 0 Å². The Bertz CT molecular complexity index is 897. The van der Waals surface area contributed by atoms with Gasteiger partial charge >= 0.3 is 12.6 Å². The van der Waals surface area contributed by atoms with Gasteiger partial charge < -0.3 is 14.8 Å². The average molecular weight is 465 g/mol. The molecule has 0 fully saturated rings. The monoisotopic (exact) mass is 463 g/mol. The van der Waals surface area contributed by atoms with Crippen molar-refractivity contribution >= 4 is 58.4 Å². The molecule has 2 aromatic rings. The van der Waals surface area contributed by atoms with Gasteiger partial charge in [-0.1, -0.05) is 46.9 Å². The maximum absolute atomic E-state index is 12.2. The van der Waals surface area contributed by atoms with E-state index in [9.17, 15) is 18.4 Å². The van der Waals surface area contributed by atoms with Crippen molar-refractivity contribution in [3.05, 3.63) is 63.1 Å². The highest BCUT2D eigenvalue weighted by atomic mass is 35.5. The number of esters is 1. The molecule has 0 aromatic heterocycles. The van der Waals surface area contributed by atoms with Crippen molar-refractivity contribution in [2.75, 3.05) is 5.32 Å². The van der Waals surface area contributed by atoms with Crippen molar-refractivity contribution in [3.63, 3.8) is 0 Å². The number of ether oxygens (including phenoxy) is 2. The number of nitrogens with one attached hydrogen (secondary N) is 1. The fourth-order valence-corrected chi connectivity index (χ4v) is 2.99. The first kappa shape index (κ1) is 22.9. The van der Waals surface area contributed by atoms with Crippen LogP contribution in [-0.4, -0.2) is 24.6 Å². The van der Waals surface area contributed by atoms with Gasteiger partial charge in [-0.05, 0) is 42.8 Å². The van der Waals surface area contributed by atoms with Gasteiger partial charge in [-0.25, -0.2) is 4.79 Å². The maximum Gasteiger partial charge on any atom is 0.387 e. The highest BCUT2D eigenvalue weighted by molar-refractivity contribution is 6.42. The van der Waals surface area contributed by atoms with Crippen LogP contribution in [0, 0.1) is 0 Å². The molecule has 2 rings (SSSR count). The molecule has 1 amide bonds. The van der Waals surface area contributed by atoms with Crippen LogP contribution in [0.4, 0.5) is 14.5 Å². The lowest BCUT2D eigenvalue weighted by molar-refractivity contribution is -0.148. The van der Waals surface area contributed by atoms with Gasteiger partial charge in [0.2, 0.25) is 0 Å². The summed E-state index contributed by atoms with van der Waals surface area (Å²) in [5.74, 6) is -1.44. The van der Waals surface area contributed by atoms with Crippen LogP contribution in [0.3, 0.4) is 0 Å². The minimum absolute atomic E-state index is 0.00968. The molecule has 0 radical (unpaired) electrons. The summed E-state index contributed by atoms with van der Waals surface area (Å²) >= 11 is 17.8. The first-order chi connectivity index (χ1) is 13.7. The van der Waals surface area contributed by atoms with E-state index in [1.807, 2.05) is 0 Å². The van der Waals surface area contributed by atoms with Crippen LogP contribution in [0.25, 0.3) is 6.08 Å². The van der Waals surface area contributed by atoms with Crippen LogP contribution in [0.1, 0.15) is 12.5 Å². The summed E-state index contributed by atoms with van der Waals surface area (Å²) in [6, 6.07) is 8.41. The van der Waals surface area contributed by atoms with Crippen LogP contribution in [0.2, 0.25) is 15.1 Å². The molecule has 0 saturated carbocycles. The Kier molecular flexibility index (Phi) is 8.25. The van der Waals surface area contributed by atoms with Gasteiger partial charge in [-0.2, -0.15) is 8.78 Å². The van der Waals surface area contributed by atoms with E-state index < -0.39 is 24.6 Å². The molecular weight excluding hydrogens is 451 g/mol. The summed E-state index contributed by atoms with van der Waals surface area (Å²) < 4.78 is 33.5. The molecule has 0 bridgehead atoms. The Hall–Kier alpha value is -2.35. The molecule has 1 unspecified atom stereocenters. The van der Waals surface area contributed by atoms with Crippen molar-refractivity contribution < 1.29 is 27.8 Å². The van der Waals surface area contributed by atoms with Gasteiger partial charge in [0.1, 0.15) is 5.75 Å². The molecule has 1 atom stereocenters. The second-order valence-electron chi connectivity index (χ2n) is 5.59. The van der Waals surface area contributed by atoms with E-state index in [1.165, 1.54) is 49.4 Å². The van der Waals surface area contributed by atoms with Crippen LogP contribution in [0.5, 0.6) is 5.75 Å². The normalized spacial score (nSPS) is 12.1. The number of hydrogen-bond acceptors (Lipinski definition) is 4. The Morgan fingerprint density at radius 1 is 1.07 bits per heavy atom. The van der Waals surface area contributed by atoms with E-state index in [0.29, 0.717) is 10.6 Å². The van der Waals surface area contributed by atoms with E-state index in [-0.39, 0.29) is 21.5 Å². The molecule has 0 saturated heterocycles. The van der Waals surface area contributed by atoms with Gasteiger partial charge in [0.05, 0.1) is 15.7 Å². The predicted octanol–water partition coefficient (Wildman–Crippen LogP) is 5.83. The molecular formula is C19H14Cl3F2NO4. The zero-order valence-electron chi connectivity index (χ0n) is 14.8. The number of hydrogen-bond donors (Lipinski definition) is 1. The number of amides is 1. The zero-order chi connectivity index (χ0) is 21.6. The third kappa shape index (κ3) is 7.20. The molecule has 154 valence electrons. The number of halogens is 5. The number of rotatable bonds is 7. The minimum Gasteiger partial charge on any atom is -0.449 e. The molecule has 0 heterocycles. The third-order valence-corrected chi connectivity index (χ3v) is 4.25. The van der Waals surface area contributed by atoms with Gasteiger partial charge in [0.15, 0.2) is 6.10 Å². The lowest BCUT2D eigenvalue weighted by Crippen LogP contribution is -2.29. The highest BCUT2D eigenvalue weighted by Gasteiger charge is 2.19. The summed E-state index contributed by atoms with van der Waals surface area (Å²) in [5, 5.41) is 3.04. The smallest absolute Gasteiger partial charge is 0.387 e. The van der Waals surface area contributed by atoms with Crippen molar-refractivity contribution in [2.45, 2.75) is 19.6 Å².